The molecular formula is C13H16F3N2OW-. The minimum Gasteiger partial charge on any atom is -0.528 e. The molecule has 0 aliphatic carbocycles. The summed E-state index contributed by atoms with van der Waals surface area (Å²) in [6, 6.07) is 4.74. The summed E-state index contributed by atoms with van der Waals surface area (Å²) in [5.41, 5.74) is -0.0992. The minimum atomic E-state index is -4.33. The summed E-state index contributed by atoms with van der Waals surface area (Å²) in [6.07, 6.45) is -2.75. The quantitative estimate of drug-likeness (QED) is 0.510. The Morgan fingerprint density at radius 1 is 1.20 bits per heavy atom. The Bertz CT molecular complexity index is 407. The maximum atomic E-state index is 12.4. The van der Waals surface area contributed by atoms with E-state index in [9.17, 15) is 18.0 Å². The number of hydrogen-bond acceptors (Lipinski definition) is 2. The molecule has 3 nitrogen and oxygen atoms in total. The van der Waals surface area contributed by atoms with Gasteiger partial charge in [-0.3, -0.25) is 0 Å². The van der Waals surface area contributed by atoms with Crippen molar-refractivity contribution in [3.63, 3.8) is 0 Å². The van der Waals surface area contributed by atoms with E-state index in [2.05, 4.69) is 10.6 Å². The molecule has 0 saturated heterocycles. The molecule has 0 radical (unpaired) electrons. The first kappa shape index (κ1) is 19.0. The van der Waals surface area contributed by atoms with Gasteiger partial charge in [-0.15, -0.1) is 0 Å². The number of carbonyl (C=O) groups excluding carboxylic acids is 1. The van der Waals surface area contributed by atoms with Gasteiger partial charge in [0, 0.05) is 39.3 Å². The molecule has 20 heavy (non-hydrogen) atoms. The van der Waals surface area contributed by atoms with Crippen molar-refractivity contribution in [3.05, 3.63) is 29.8 Å². The van der Waals surface area contributed by atoms with Crippen LogP contribution >= 0.6 is 0 Å². The monoisotopic (exact) mass is 457 g/mol. The van der Waals surface area contributed by atoms with Gasteiger partial charge in [0.25, 0.3) is 0 Å². The van der Waals surface area contributed by atoms with E-state index in [0.29, 0.717) is 12.2 Å². The Labute approximate surface area is 130 Å². The molecule has 2 N–H and O–H groups in total. The number of nitrogens with one attached hydrogen (secondary N) is 2. The summed E-state index contributed by atoms with van der Waals surface area (Å²) < 4.78 is 37.2. The fraction of sp³-hybridized carbons (Fsp3) is 0.462. The molecule has 7 heteroatoms. The summed E-state index contributed by atoms with van der Waals surface area (Å²) in [5, 5.41) is 5.52. The van der Waals surface area contributed by atoms with Gasteiger partial charge < -0.3 is 15.4 Å². The standard InChI is InChI=1S/C13H16F3N2O.W/c1-9(2)12(7-17-8-19)18-11-5-3-10(4-6-11)13(14,15)16;/h3-6,9,12,18H,7H2,1-2H3,(H,17,19);/q-1;/t12-;/m0./s1. The first-order valence-electron chi connectivity index (χ1n) is 5.88. The Balaban J connectivity index is 0.00000361. The van der Waals surface area contributed by atoms with E-state index < -0.39 is 11.7 Å². The average molecular weight is 457 g/mol. The van der Waals surface area contributed by atoms with Gasteiger partial charge in [0.2, 0.25) is 0 Å². The van der Waals surface area contributed by atoms with Crippen molar-refractivity contribution in [2.45, 2.75) is 26.1 Å². The van der Waals surface area contributed by atoms with Crippen molar-refractivity contribution in [1.82, 2.24) is 5.32 Å². The zero-order valence-electron chi connectivity index (χ0n) is 11.1. The summed E-state index contributed by atoms with van der Waals surface area (Å²) in [5.74, 6) is 0.211. The van der Waals surface area contributed by atoms with Crippen molar-refractivity contribution >= 4 is 12.1 Å². The molecule has 1 atom stereocenters. The largest absolute Gasteiger partial charge is 0.528 e. The zero-order chi connectivity index (χ0) is 14.5. The van der Waals surface area contributed by atoms with Crippen molar-refractivity contribution in [3.8, 4) is 0 Å². The number of anilines is 1. The van der Waals surface area contributed by atoms with Gasteiger partial charge >= 0.3 is 6.18 Å². The number of halogens is 3. The fourth-order valence-electron chi connectivity index (χ4n) is 1.57. The third-order valence-corrected chi connectivity index (χ3v) is 2.76. The van der Waals surface area contributed by atoms with E-state index in [0.717, 1.165) is 12.1 Å². The second-order valence-electron chi connectivity index (χ2n) is 4.55. The van der Waals surface area contributed by atoms with Crippen LogP contribution in [0.1, 0.15) is 19.4 Å². The maximum absolute atomic E-state index is 12.4. The molecule has 0 aliphatic rings. The van der Waals surface area contributed by atoms with Crippen LogP contribution in [0.15, 0.2) is 24.3 Å². The average Bonchev–Trinajstić information content (AvgIpc) is 2.33. The zero-order valence-corrected chi connectivity index (χ0v) is 14.1. The number of hydrogen-bond donors (Lipinski definition) is 2. The van der Waals surface area contributed by atoms with Gasteiger partial charge in [-0.2, -0.15) is 19.6 Å². The number of rotatable bonds is 6. The van der Waals surface area contributed by atoms with Crippen LogP contribution in [0, 0.1) is 5.92 Å². The molecule has 1 aromatic rings. The van der Waals surface area contributed by atoms with E-state index in [1.807, 2.05) is 13.8 Å². The predicted molar refractivity (Wildman–Crippen MR) is 67.4 cm³/mol. The number of alkyl halides is 3. The predicted octanol–water partition coefficient (Wildman–Crippen LogP) is 2.80. The topological polar surface area (TPSA) is 41.1 Å². The van der Waals surface area contributed by atoms with Crippen molar-refractivity contribution in [1.29, 1.82) is 0 Å². The smallest absolute Gasteiger partial charge is 0.416 e. The normalized spacial score (nSPS) is 12.5. The third-order valence-electron chi connectivity index (χ3n) is 2.76. The molecule has 0 aliphatic heterocycles. The van der Waals surface area contributed by atoms with Crippen LogP contribution in [0.25, 0.3) is 0 Å². The van der Waals surface area contributed by atoms with E-state index >= 15 is 0 Å². The molecule has 0 aromatic heterocycles. The summed E-state index contributed by atoms with van der Waals surface area (Å²) in [7, 11) is 0. The van der Waals surface area contributed by atoms with Crippen molar-refractivity contribution < 1.29 is 39.0 Å². The van der Waals surface area contributed by atoms with E-state index in [1.54, 1.807) is 6.41 Å². The molecule has 1 rings (SSSR count). The Kier molecular flexibility index (Phi) is 7.87. The molecule has 0 fully saturated rings. The first-order valence-corrected chi connectivity index (χ1v) is 5.88. The molecule has 0 spiro atoms. The molecule has 112 valence electrons. The van der Waals surface area contributed by atoms with Gasteiger partial charge in [0.05, 0.1) is 5.56 Å². The molecule has 0 bridgehead atoms. The van der Waals surface area contributed by atoms with E-state index in [4.69, 9.17) is 0 Å². The van der Waals surface area contributed by atoms with E-state index in [1.165, 1.54) is 12.1 Å². The van der Waals surface area contributed by atoms with Gasteiger partial charge in [-0.25, -0.2) is 0 Å². The van der Waals surface area contributed by atoms with Gasteiger partial charge in [0.1, 0.15) is 0 Å². The van der Waals surface area contributed by atoms with Crippen LogP contribution in [-0.4, -0.2) is 19.0 Å². The van der Waals surface area contributed by atoms with Crippen LogP contribution in [0.2, 0.25) is 0 Å². The first-order chi connectivity index (χ1) is 8.84. The SMILES string of the molecule is CC(C)[C@H](CN[C-]=O)Nc1ccc(C(F)(F)F)cc1.[W]. The second kappa shape index (κ2) is 8.30. The Hall–Kier alpha value is -1.03. The molecule has 0 saturated carbocycles. The molecule has 1 amide bonds. The van der Waals surface area contributed by atoms with Gasteiger partial charge in [0.15, 0.2) is 0 Å². The molecule has 1 aromatic carbocycles. The Morgan fingerprint density at radius 2 is 1.75 bits per heavy atom. The Morgan fingerprint density at radius 3 is 2.15 bits per heavy atom. The third kappa shape index (κ3) is 5.95. The number of benzene rings is 1. The summed E-state index contributed by atoms with van der Waals surface area (Å²) in [4.78, 5) is 10.2. The van der Waals surface area contributed by atoms with Crippen LogP contribution in [0.5, 0.6) is 0 Å². The second-order valence-corrected chi connectivity index (χ2v) is 4.55. The van der Waals surface area contributed by atoms with Crippen molar-refractivity contribution in [2.75, 3.05) is 11.9 Å². The van der Waals surface area contributed by atoms with Crippen LogP contribution in [0.4, 0.5) is 18.9 Å². The summed E-state index contributed by atoms with van der Waals surface area (Å²) >= 11 is 0. The fourth-order valence-corrected chi connectivity index (χ4v) is 1.57. The molecule has 0 unspecified atom stereocenters. The molecular weight excluding hydrogens is 441 g/mol. The van der Waals surface area contributed by atoms with Crippen molar-refractivity contribution in [2.24, 2.45) is 5.92 Å². The summed E-state index contributed by atoms with van der Waals surface area (Å²) in [6.45, 7) is 4.27. The number of amides is 1. The minimum absolute atomic E-state index is 0. The van der Waals surface area contributed by atoms with Crippen LogP contribution in [0.3, 0.4) is 0 Å². The van der Waals surface area contributed by atoms with Gasteiger partial charge in [-0.05, 0) is 30.2 Å². The van der Waals surface area contributed by atoms with Crippen LogP contribution in [-0.2, 0) is 32.0 Å². The molecule has 0 heterocycles. The van der Waals surface area contributed by atoms with E-state index in [-0.39, 0.29) is 33.0 Å². The maximum Gasteiger partial charge on any atom is 0.416 e. The van der Waals surface area contributed by atoms with Gasteiger partial charge in [-0.1, -0.05) is 13.8 Å². The van der Waals surface area contributed by atoms with Crippen LogP contribution < -0.4 is 10.6 Å².